The number of carboxylic acid groups (broad SMARTS) is 1. The number of carbonyl (C=O) groups is 1. The molecular formula is C17H18O2S. The lowest BCUT2D eigenvalue weighted by atomic mass is 10.1. The molecule has 0 aliphatic rings. The zero-order valence-corrected chi connectivity index (χ0v) is 12.5. The van der Waals surface area contributed by atoms with Crippen LogP contribution in [0.1, 0.15) is 35.3 Å². The maximum absolute atomic E-state index is 11.0. The van der Waals surface area contributed by atoms with Crippen LogP contribution < -0.4 is 0 Å². The van der Waals surface area contributed by atoms with Gasteiger partial charge in [-0.15, -0.1) is 12.6 Å². The van der Waals surface area contributed by atoms with Crippen LogP contribution in [0.5, 0.6) is 0 Å². The normalized spacial score (nSPS) is 9.95. The second-order valence-corrected chi connectivity index (χ2v) is 4.34. The van der Waals surface area contributed by atoms with Crippen molar-refractivity contribution in [3.63, 3.8) is 0 Å². The summed E-state index contributed by atoms with van der Waals surface area (Å²) >= 11 is 4.26. The fraction of sp³-hybridized carbons (Fsp3) is 0.118. The van der Waals surface area contributed by atoms with Gasteiger partial charge in [-0.2, -0.15) is 0 Å². The van der Waals surface area contributed by atoms with Crippen molar-refractivity contribution in [2.75, 3.05) is 0 Å². The van der Waals surface area contributed by atoms with Crippen molar-refractivity contribution in [3.8, 4) is 0 Å². The van der Waals surface area contributed by atoms with E-state index in [0.717, 1.165) is 10.5 Å². The van der Waals surface area contributed by atoms with Crippen molar-refractivity contribution in [1.29, 1.82) is 0 Å². The van der Waals surface area contributed by atoms with E-state index in [9.17, 15) is 4.79 Å². The van der Waals surface area contributed by atoms with Gasteiger partial charge in [0, 0.05) is 4.90 Å². The summed E-state index contributed by atoms with van der Waals surface area (Å²) in [7, 11) is 0. The first-order chi connectivity index (χ1) is 9.66. The third-order valence-electron chi connectivity index (χ3n) is 2.52. The Balaban J connectivity index is 0.000000956. The van der Waals surface area contributed by atoms with E-state index in [1.807, 2.05) is 50.3 Å². The number of carboxylic acids is 1. The van der Waals surface area contributed by atoms with Crippen molar-refractivity contribution >= 4 is 30.8 Å². The summed E-state index contributed by atoms with van der Waals surface area (Å²) in [6, 6.07) is 14.6. The molecule has 0 amide bonds. The molecule has 1 N–H and O–H groups in total. The zero-order chi connectivity index (χ0) is 15.0. The molecular weight excluding hydrogens is 268 g/mol. The molecule has 2 rings (SSSR count). The molecule has 3 heteroatoms. The molecule has 0 spiro atoms. The molecule has 0 fully saturated rings. The molecule has 0 aliphatic heterocycles. The molecule has 0 atom stereocenters. The highest BCUT2D eigenvalue weighted by atomic mass is 32.1. The standard InChI is InChI=1S/C15H12O2S.C2H6/c16-15(17)14-7-2-1-5-12(14)9-8-11-4-3-6-13(18)10-11;1-2/h1-10,18H,(H,16,17);1-2H3. The Bertz CT molecular complexity index is 603. The van der Waals surface area contributed by atoms with Crippen LogP contribution in [0.3, 0.4) is 0 Å². The first-order valence-corrected chi connectivity index (χ1v) is 6.91. The molecule has 0 radical (unpaired) electrons. The lowest BCUT2D eigenvalue weighted by Crippen LogP contribution is -1.98. The summed E-state index contributed by atoms with van der Waals surface area (Å²) in [5.74, 6) is -0.918. The van der Waals surface area contributed by atoms with Crippen molar-refractivity contribution in [1.82, 2.24) is 0 Å². The summed E-state index contributed by atoms with van der Waals surface area (Å²) in [6.45, 7) is 4.00. The van der Waals surface area contributed by atoms with Crippen LogP contribution in [0.25, 0.3) is 12.2 Å². The Morgan fingerprint density at radius 3 is 2.40 bits per heavy atom. The van der Waals surface area contributed by atoms with Crippen LogP contribution in [0.4, 0.5) is 0 Å². The molecule has 0 aromatic heterocycles. The number of hydrogen-bond donors (Lipinski definition) is 2. The molecule has 0 bridgehead atoms. The second kappa shape index (κ2) is 8.23. The van der Waals surface area contributed by atoms with Gasteiger partial charge in [-0.1, -0.05) is 56.3 Å². The van der Waals surface area contributed by atoms with E-state index >= 15 is 0 Å². The predicted octanol–water partition coefficient (Wildman–Crippen LogP) is 4.87. The smallest absolute Gasteiger partial charge is 0.336 e. The Kier molecular flexibility index (Phi) is 6.60. The minimum atomic E-state index is -0.918. The maximum atomic E-state index is 11.0. The van der Waals surface area contributed by atoms with Gasteiger partial charge >= 0.3 is 5.97 Å². The van der Waals surface area contributed by atoms with Crippen LogP contribution >= 0.6 is 12.6 Å². The van der Waals surface area contributed by atoms with Crippen LogP contribution in [-0.4, -0.2) is 11.1 Å². The van der Waals surface area contributed by atoms with Crippen LogP contribution in [0, 0.1) is 0 Å². The number of aromatic carboxylic acids is 1. The quantitative estimate of drug-likeness (QED) is 0.624. The monoisotopic (exact) mass is 286 g/mol. The first kappa shape index (κ1) is 16.1. The Morgan fingerprint density at radius 2 is 1.75 bits per heavy atom. The van der Waals surface area contributed by atoms with E-state index in [0.29, 0.717) is 11.1 Å². The number of rotatable bonds is 3. The summed E-state index contributed by atoms with van der Waals surface area (Å²) < 4.78 is 0. The van der Waals surface area contributed by atoms with E-state index in [2.05, 4.69) is 12.6 Å². The van der Waals surface area contributed by atoms with Crippen molar-refractivity contribution in [3.05, 3.63) is 65.2 Å². The Hall–Kier alpha value is -2.00. The van der Waals surface area contributed by atoms with E-state index in [-0.39, 0.29) is 0 Å². The largest absolute Gasteiger partial charge is 0.478 e. The predicted molar refractivity (Wildman–Crippen MR) is 87.4 cm³/mol. The molecule has 104 valence electrons. The summed E-state index contributed by atoms with van der Waals surface area (Å²) in [4.78, 5) is 11.9. The van der Waals surface area contributed by atoms with Crippen LogP contribution in [0.15, 0.2) is 53.4 Å². The van der Waals surface area contributed by atoms with E-state index in [1.54, 1.807) is 24.3 Å². The average Bonchev–Trinajstić information content (AvgIpc) is 2.47. The van der Waals surface area contributed by atoms with Gasteiger partial charge in [0.15, 0.2) is 0 Å². The molecule has 0 aliphatic carbocycles. The highest BCUT2D eigenvalue weighted by Crippen LogP contribution is 2.15. The topological polar surface area (TPSA) is 37.3 Å². The van der Waals surface area contributed by atoms with Gasteiger partial charge in [-0.05, 0) is 29.3 Å². The number of thiol groups is 1. The zero-order valence-electron chi connectivity index (χ0n) is 11.6. The first-order valence-electron chi connectivity index (χ1n) is 6.46. The highest BCUT2D eigenvalue weighted by molar-refractivity contribution is 7.80. The van der Waals surface area contributed by atoms with Crippen LogP contribution in [-0.2, 0) is 0 Å². The lowest BCUT2D eigenvalue weighted by molar-refractivity contribution is 0.0696. The second-order valence-electron chi connectivity index (χ2n) is 3.82. The third kappa shape index (κ3) is 4.59. The average molecular weight is 286 g/mol. The molecule has 0 heterocycles. The van der Waals surface area contributed by atoms with Crippen molar-refractivity contribution < 1.29 is 9.90 Å². The summed E-state index contributed by atoms with van der Waals surface area (Å²) in [6.07, 6.45) is 3.67. The van der Waals surface area contributed by atoms with Gasteiger partial charge < -0.3 is 5.11 Å². The number of hydrogen-bond acceptors (Lipinski definition) is 2. The van der Waals surface area contributed by atoms with Gasteiger partial charge in [0.25, 0.3) is 0 Å². The lowest BCUT2D eigenvalue weighted by Gasteiger charge is -2.00. The van der Waals surface area contributed by atoms with Crippen molar-refractivity contribution in [2.45, 2.75) is 18.7 Å². The SMILES string of the molecule is CC.O=C(O)c1ccccc1C=Cc1cccc(S)c1. The molecule has 0 saturated heterocycles. The summed E-state index contributed by atoms with van der Waals surface area (Å²) in [5, 5.41) is 9.06. The van der Waals surface area contributed by atoms with Gasteiger partial charge in [0.05, 0.1) is 5.56 Å². The Labute approximate surface area is 125 Å². The molecule has 20 heavy (non-hydrogen) atoms. The number of benzene rings is 2. The van der Waals surface area contributed by atoms with E-state index in [4.69, 9.17) is 5.11 Å². The fourth-order valence-electron chi connectivity index (χ4n) is 1.65. The fourth-order valence-corrected chi connectivity index (χ4v) is 1.89. The highest BCUT2D eigenvalue weighted by Gasteiger charge is 2.05. The molecule has 2 aromatic rings. The van der Waals surface area contributed by atoms with Gasteiger partial charge in [-0.25, -0.2) is 4.79 Å². The van der Waals surface area contributed by atoms with E-state index in [1.165, 1.54) is 0 Å². The maximum Gasteiger partial charge on any atom is 0.336 e. The van der Waals surface area contributed by atoms with Gasteiger partial charge in [0.1, 0.15) is 0 Å². The van der Waals surface area contributed by atoms with Gasteiger partial charge in [0.2, 0.25) is 0 Å². The van der Waals surface area contributed by atoms with Crippen LogP contribution in [0.2, 0.25) is 0 Å². The van der Waals surface area contributed by atoms with Gasteiger partial charge in [-0.3, -0.25) is 0 Å². The minimum Gasteiger partial charge on any atom is -0.478 e. The molecule has 0 unspecified atom stereocenters. The van der Waals surface area contributed by atoms with E-state index < -0.39 is 5.97 Å². The molecule has 2 aromatic carbocycles. The third-order valence-corrected chi connectivity index (χ3v) is 2.79. The Morgan fingerprint density at radius 1 is 1.05 bits per heavy atom. The molecule has 0 saturated carbocycles. The summed E-state index contributed by atoms with van der Waals surface area (Å²) in [5.41, 5.74) is 1.98. The minimum absolute atomic E-state index is 0.302. The molecule has 2 nitrogen and oxygen atoms in total. The van der Waals surface area contributed by atoms with Crippen molar-refractivity contribution in [2.24, 2.45) is 0 Å².